The van der Waals surface area contributed by atoms with Crippen molar-refractivity contribution in [2.45, 2.75) is 36.8 Å². The van der Waals surface area contributed by atoms with Crippen LogP contribution >= 0.6 is 23.5 Å². The summed E-state index contributed by atoms with van der Waals surface area (Å²) in [5.41, 5.74) is 0. The summed E-state index contributed by atoms with van der Waals surface area (Å²) in [6.07, 6.45) is -5.13. The molecule has 126 valence electrons. The van der Waals surface area contributed by atoms with Crippen molar-refractivity contribution in [2.24, 2.45) is 0 Å². The Labute approximate surface area is 135 Å². The number of hydrogen-bond acceptors (Lipinski definition) is 6. The second-order valence-electron chi connectivity index (χ2n) is 4.20. The van der Waals surface area contributed by atoms with Gasteiger partial charge in [0.2, 0.25) is 16.2 Å². The Morgan fingerprint density at radius 2 is 1.77 bits per heavy atom. The third-order valence-corrected chi connectivity index (χ3v) is 4.56. The van der Waals surface area contributed by atoms with Crippen LogP contribution in [0.25, 0.3) is 0 Å². The van der Waals surface area contributed by atoms with Gasteiger partial charge in [0.25, 0.3) is 0 Å². The third kappa shape index (κ3) is 5.95. The number of carbonyl (C=O) groups is 1. The van der Waals surface area contributed by atoms with Gasteiger partial charge in [-0.25, -0.2) is 4.68 Å². The molecule has 0 bridgehead atoms. The maximum Gasteiger partial charge on any atom is 0.389 e. The van der Waals surface area contributed by atoms with Crippen molar-refractivity contribution in [1.82, 2.24) is 19.8 Å². The highest BCUT2D eigenvalue weighted by atomic mass is 32.2. The summed E-state index contributed by atoms with van der Waals surface area (Å²) < 4.78 is 37.4. The van der Waals surface area contributed by atoms with Crippen LogP contribution in [-0.4, -0.2) is 56.5 Å². The molecule has 0 unspecified atom stereocenters. The van der Waals surface area contributed by atoms with Crippen molar-refractivity contribution in [2.75, 3.05) is 30.4 Å². The number of aromatic nitrogens is 3. The number of alkyl halides is 3. The third-order valence-electron chi connectivity index (χ3n) is 2.69. The molecule has 0 atom stereocenters. The fourth-order valence-corrected chi connectivity index (χ4v) is 3.17. The fraction of sp³-hybridized carbons (Fsp3) is 0.727. The minimum Gasteiger partial charge on any atom is -0.343 e. The van der Waals surface area contributed by atoms with E-state index in [2.05, 4.69) is 10.2 Å². The van der Waals surface area contributed by atoms with Gasteiger partial charge in [0, 0.05) is 18.8 Å². The summed E-state index contributed by atoms with van der Waals surface area (Å²) in [6, 6.07) is 0. The summed E-state index contributed by atoms with van der Waals surface area (Å²) in [4.78, 5) is 13.5. The van der Waals surface area contributed by atoms with E-state index in [9.17, 15) is 18.0 Å². The lowest BCUT2D eigenvalue weighted by Crippen LogP contribution is -2.32. The first-order valence-corrected chi connectivity index (χ1v) is 8.56. The van der Waals surface area contributed by atoms with Gasteiger partial charge in [-0.2, -0.15) is 13.2 Å². The molecule has 0 radical (unpaired) electrons. The highest BCUT2D eigenvalue weighted by Gasteiger charge is 2.27. The molecule has 0 spiro atoms. The molecule has 0 aliphatic carbocycles. The largest absolute Gasteiger partial charge is 0.389 e. The Kier molecular flexibility index (Phi) is 7.33. The van der Waals surface area contributed by atoms with Gasteiger partial charge >= 0.3 is 6.18 Å². The Morgan fingerprint density at radius 3 is 2.27 bits per heavy atom. The zero-order valence-corrected chi connectivity index (χ0v) is 13.9. The summed E-state index contributed by atoms with van der Waals surface area (Å²) in [5, 5.41) is 8.03. The first-order chi connectivity index (χ1) is 10.3. The van der Waals surface area contributed by atoms with Crippen LogP contribution in [0.15, 0.2) is 10.3 Å². The van der Waals surface area contributed by atoms with Crippen LogP contribution in [0.4, 0.5) is 13.2 Å². The van der Waals surface area contributed by atoms with E-state index in [-0.39, 0.29) is 22.6 Å². The molecule has 2 N–H and O–H groups in total. The van der Waals surface area contributed by atoms with Crippen LogP contribution < -0.4 is 5.84 Å². The van der Waals surface area contributed by atoms with Crippen molar-refractivity contribution in [1.29, 1.82) is 0 Å². The molecule has 11 heteroatoms. The van der Waals surface area contributed by atoms with E-state index in [1.807, 2.05) is 13.8 Å². The molecule has 1 aromatic heterocycles. The number of halogens is 3. The van der Waals surface area contributed by atoms with Gasteiger partial charge in [-0.1, -0.05) is 23.5 Å². The number of rotatable bonds is 8. The Balaban J connectivity index is 2.51. The molecule has 0 fully saturated rings. The predicted molar refractivity (Wildman–Crippen MR) is 80.2 cm³/mol. The monoisotopic (exact) mass is 357 g/mol. The van der Waals surface area contributed by atoms with Crippen LogP contribution in [0.5, 0.6) is 0 Å². The zero-order chi connectivity index (χ0) is 16.8. The fourth-order valence-electron chi connectivity index (χ4n) is 1.51. The van der Waals surface area contributed by atoms with Crippen LogP contribution in [0.2, 0.25) is 0 Å². The van der Waals surface area contributed by atoms with E-state index in [4.69, 9.17) is 5.84 Å². The Bertz CT molecular complexity index is 491. The van der Waals surface area contributed by atoms with Crippen LogP contribution in [0.1, 0.15) is 20.3 Å². The van der Waals surface area contributed by atoms with E-state index in [0.717, 1.165) is 28.2 Å². The Hall–Kier alpha value is -1.10. The maximum absolute atomic E-state index is 12.1. The van der Waals surface area contributed by atoms with E-state index in [1.54, 1.807) is 4.90 Å². The standard InChI is InChI=1S/C11H18F3N5OS2/c1-3-18(4-2)8(20)7-22-10-17-16-9(19(10)15)21-6-5-11(12,13)14/h3-7,15H2,1-2H3. The number of carbonyl (C=O) groups excluding carboxylic acids is 1. The molecule has 22 heavy (non-hydrogen) atoms. The molecule has 1 rings (SSSR count). The molecular formula is C11H18F3N5OS2. The summed E-state index contributed by atoms with van der Waals surface area (Å²) in [5.74, 6) is 5.65. The molecule has 0 saturated carbocycles. The van der Waals surface area contributed by atoms with Crippen molar-refractivity contribution >= 4 is 29.4 Å². The van der Waals surface area contributed by atoms with Crippen LogP contribution in [0.3, 0.4) is 0 Å². The number of nitrogens with zero attached hydrogens (tertiary/aromatic N) is 4. The lowest BCUT2D eigenvalue weighted by Gasteiger charge is -2.17. The molecular weight excluding hydrogens is 339 g/mol. The summed E-state index contributed by atoms with van der Waals surface area (Å²) in [7, 11) is 0. The van der Waals surface area contributed by atoms with E-state index in [1.165, 1.54) is 0 Å². The number of hydrogen-bond donors (Lipinski definition) is 1. The lowest BCUT2D eigenvalue weighted by atomic mass is 10.5. The van der Waals surface area contributed by atoms with Gasteiger partial charge in [0.15, 0.2) is 0 Å². The molecule has 0 aromatic carbocycles. The maximum atomic E-state index is 12.1. The normalized spacial score (nSPS) is 11.7. The molecule has 1 amide bonds. The topological polar surface area (TPSA) is 77.0 Å². The average molecular weight is 357 g/mol. The number of nitrogen functional groups attached to an aromatic ring is 1. The SMILES string of the molecule is CCN(CC)C(=O)CSc1nnc(SCCC(F)(F)F)n1N. The highest BCUT2D eigenvalue weighted by Crippen LogP contribution is 2.26. The predicted octanol–water partition coefficient (Wildman–Crippen LogP) is 2.00. The lowest BCUT2D eigenvalue weighted by molar-refractivity contribution is -0.130. The summed E-state index contributed by atoms with van der Waals surface area (Å²) in [6.45, 7) is 4.99. The minimum atomic E-state index is -4.21. The quantitative estimate of drug-likeness (QED) is 0.566. The molecule has 6 nitrogen and oxygen atoms in total. The van der Waals surface area contributed by atoms with Crippen molar-refractivity contribution in [3.63, 3.8) is 0 Å². The van der Waals surface area contributed by atoms with E-state index >= 15 is 0 Å². The highest BCUT2D eigenvalue weighted by molar-refractivity contribution is 8.00. The Morgan fingerprint density at radius 1 is 1.23 bits per heavy atom. The second-order valence-corrected chi connectivity index (χ2v) is 6.21. The van der Waals surface area contributed by atoms with Gasteiger partial charge in [0.1, 0.15) is 0 Å². The molecule has 1 heterocycles. The molecule has 0 aliphatic heterocycles. The van der Waals surface area contributed by atoms with Crippen molar-refractivity contribution in [3.05, 3.63) is 0 Å². The number of thioether (sulfide) groups is 2. The minimum absolute atomic E-state index is 0.0516. The van der Waals surface area contributed by atoms with Gasteiger partial charge in [-0.15, -0.1) is 10.2 Å². The summed E-state index contributed by atoms with van der Waals surface area (Å²) >= 11 is 1.99. The number of amides is 1. The van der Waals surface area contributed by atoms with Crippen molar-refractivity contribution < 1.29 is 18.0 Å². The van der Waals surface area contributed by atoms with Crippen molar-refractivity contribution in [3.8, 4) is 0 Å². The zero-order valence-electron chi connectivity index (χ0n) is 12.3. The van der Waals surface area contributed by atoms with Gasteiger partial charge in [0.05, 0.1) is 12.2 Å². The van der Waals surface area contributed by atoms with Crippen LogP contribution in [0, 0.1) is 0 Å². The van der Waals surface area contributed by atoms with Gasteiger partial charge in [-0.3, -0.25) is 4.79 Å². The molecule has 0 saturated heterocycles. The first kappa shape index (κ1) is 18.9. The molecule has 0 aliphatic rings. The number of nitrogens with two attached hydrogens (primary N) is 1. The van der Waals surface area contributed by atoms with Crippen LogP contribution in [-0.2, 0) is 4.79 Å². The first-order valence-electron chi connectivity index (χ1n) is 6.59. The second kappa shape index (κ2) is 8.51. The van der Waals surface area contributed by atoms with E-state index < -0.39 is 12.6 Å². The smallest absolute Gasteiger partial charge is 0.343 e. The van der Waals surface area contributed by atoms with E-state index in [0.29, 0.717) is 18.2 Å². The average Bonchev–Trinajstić information content (AvgIpc) is 2.78. The van der Waals surface area contributed by atoms with Gasteiger partial charge in [-0.05, 0) is 13.8 Å². The molecule has 1 aromatic rings. The van der Waals surface area contributed by atoms with Gasteiger partial charge < -0.3 is 10.7 Å².